The van der Waals surface area contributed by atoms with Crippen LogP contribution in [0.3, 0.4) is 0 Å². The Balaban J connectivity index is 2.30. The fourth-order valence-corrected chi connectivity index (χ4v) is 2.28. The second kappa shape index (κ2) is 10.1. The molecule has 0 aliphatic heterocycles. The number of guanidine groups is 1. The average Bonchev–Trinajstić information content (AvgIpc) is 3.20. The predicted octanol–water partition coefficient (Wildman–Crippen LogP) is 2.14. The van der Waals surface area contributed by atoms with E-state index in [9.17, 15) is 0 Å². The molecule has 1 aliphatic carbocycles. The summed E-state index contributed by atoms with van der Waals surface area (Å²) in [5, 5.41) is 15.8. The maximum Gasteiger partial charge on any atom is 0.191 e. The fourth-order valence-electron chi connectivity index (χ4n) is 2.28. The summed E-state index contributed by atoms with van der Waals surface area (Å²) in [6, 6.07) is 0. The Morgan fingerprint density at radius 3 is 2.63 bits per heavy atom. The molecule has 0 aromatic rings. The lowest BCUT2D eigenvalue weighted by molar-refractivity contribution is 0.253. The first-order valence-electron chi connectivity index (χ1n) is 7.93. The number of hydrogen-bond donors (Lipinski definition) is 3. The molecule has 4 nitrogen and oxygen atoms in total. The van der Waals surface area contributed by atoms with Crippen LogP contribution < -0.4 is 10.6 Å². The standard InChI is InChI=1S/C15H31N3O/c1-3-5-14(9-11-19)12-18-15(16-4-2)17-10-8-13-6-7-13/h13-14,19H,3-12H2,1-2H3,(H2,16,17,18). The maximum atomic E-state index is 9.06. The summed E-state index contributed by atoms with van der Waals surface area (Å²) in [5.41, 5.74) is 0. The van der Waals surface area contributed by atoms with Crippen molar-refractivity contribution in [2.45, 2.75) is 52.4 Å². The molecule has 4 heteroatoms. The fraction of sp³-hybridized carbons (Fsp3) is 0.933. The van der Waals surface area contributed by atoms with E-state index in [-0.39, 0.29) is 6.61 Å². The molecule has 1 rings (SSSR count). The van der Waals surface area contributed by atoms with Crippen LogP contribution in [-0.4, -0.2) is 37.3 Å². The summed E-state index contributed by atoms with van der Waals surface area (Å²) in [5.74, 6) is 2.40. The van der Waals surface area contributed by atoms with Crippen molar-refractivity contribution >= 4 is 5.96 Å². The minimum atomic E-state index is 0.270. The van der Waals surface area contributed by atoms with E-state index in [4.69, 9.17) is 5.11 Å². The van der Waals surface area contributed by atoms with Crippen molar-refractivity contribution in [3.05, 3.63) is 0 Å². The maximum absolute atomic E-state index is 9.06. The summed E-state index contributed by atoms with van der Waals surface area (Å²) in [6.45, 7) is 7.28. The van der Waals surface area contributed by atoms with Crippen LogP contribution in [0.25, 0.3) is 0 Å². The number of hydrogen-bond acceptors (Lipinski definition) is 2. The predicted molar refractivity (Wildman–Crippen MR) is 81.4 cm³/mol. The van der Waals surface area contributed by atoms with Crippen LogP contribution in [0.5, 0.6) is 0 Å². The Morgan fingerprint density at radius 1 is 1.26 bits per heavy atom. The van der Waals surface area contributed by atoms with E-state index in [1.54, 1.807) is 0 Å². The van der Waals surface area contributed by atoms with Gasteiger partial charge in [0.15, 0.2) is 5.96 Å². The van der Waals surface area contributed by atoms with Crippen molar-refractivity contribution in [2.75, 3.05) is 26.2 Å². The van der Waals surface area contributed by atoms with Gasteiger partial charge in [-0.05, 0) is 38.0 Å². The van der Waals surface area contributed by atoms with Gasteiger partial charge in [-0.25, -0.2) is 0 Å². The second-order valence-corrected chi connectivity index (χ2v) is 5.55. The first-order valence-corrected chi connectivity index (χ1v) is 7.93. The molecule has 0 aromatic heterocycles. The summed E-state index contributed by atoms with van der Waals surface area (Å²) < 4.78 is 0. The molecule has 1 unspecified atom stereocenters. The van der Waals surface area contributed by atoms with Crippen LogP contribution in [0, 0.1) is 11.8 Å². The van der Waals surface area contributed by atoms with Crippen molar-refractivity contribution in [2.24, 2.45) is 16.8 Å². The lowest BCUT2D eigenvalue weighted by atomic mass is 10.0. The molecular weight excluding hydrogens is 238 g/mol. The zero-order valence-corrected chi connectivity index (χ0v) is 12.6. The number of aliphatic hydroxyl groups is 1. The molecule has 0 heterocycles. The van der Waals surface area contributed by atoms with E-state index in [0.29, 0.717) is 5.92 Å². The number of aliphatic hydroxyl groups excluding tert-OH is 1. The largest absolute Gasteiger partial charge is 0.396 e. The minimum Gasteiger partial charge on any atom is -0.396 e. The van der Waals surface area contributed by atoms with E-state index >= 15 is 0 Å². The van der Waals surface area contributed by atoms with E-state index in [1.165, 1.54) is 19.3 Å². The van der Waals surface area contributed by atoms with E-state index in [2.05, 4.69) is 29.5 Å². The summed E-state index contributed by atoms with van der Waals surface area (Å²) in [6.07, 6.45) is 7.24. The highest BCUT2D eigenvalue weighted by molar-refractivity contribution is 5.79. The zero-order chi connectivity index (χ0) is 13.9. The second-order valence-electron chi connectivity index (χ2n) is 5.55. The van der Waals surface area contributed by atoms with Gasteiger partial charge in [-0.3, -0.25) is 4.99 Å². The van der Waals surface area contributed by atoms with Crippen molar-refractivity contribution in [1.82, 2.24) is 10.6 Å². The topological polar surface area (TPSA) is 56.7 Å². The van der Waals surface area contributed by atoms with Gasteiger partial charge in [-0.1, -0.05) is 26.2 Å². The van der Waals surface area contributed by atoms with Gasteiger partial charge in [0, 0.05) is 26.2 Å². The number of nitrogens with one attached hydrogen (secondary N) is 2. The van der Waals surface area contributed by atoms with E-state index < -0.39 is 0 Å². The molecule has 19 heavy (non-hydrogen) atoms. The molecule has 1 fully saturated rings. The molecule has 0 saturated heterocycles. The highest BCUT2D eigenvalue weighted by Crippen LogP contribution is 2.31. The summed E-state index contributed by atoms with van der Waals surface area (Å²) >= 11 is 0. The molecule has 0 spiro atoms. The van der Waals surface area contributed by atoms with Crippen LogP contribution in [0.1, 0.15) is 52.4 Å². The van der Waals surface area contributed by atoms with E-state index in [1.807, 2.05) is 0 Å². The molecule has 112 valence electrons. The molecule has 1 aliphatic rings. The third kappa shape index (κ3) is 8.09. The van der Waals surface area contributed by atoms with Crippen LogP contribution in [0.2, 0.25) is 0 Å². The quantitative estimate of drug-likeness (QED) is 0.421. The monoisotopic (exact) mass is 269 g/mol. The number of rotatable bonds is 10. The lowest BCUT2D eigenvalue weighted by Crippen LogP contribution is -2.38. The van der Waals surface area contributed by atoms with Gasteiger partial charge < -0.3 is 15.7 Å². The molecule has 0 radical (unpaired) electrons. The summed E-state index contributed by atoms with van der Waals surface area (Å²) in [7, 11) is 0. The van der Waals surface area contributed by atoms with Crippen LogP contribution >= 0.6 is 0 Å². The molecule has 1 saturated carbocycles. The van der Waals surface area contributed by atoms with Crippen molar-refractivity contribution in [1.29, 1.82) is 0 Å². The molecule has 0 bridgehead atoms. The zero-order valence-electron chi connectivity index (χ0n) is 12.6. The third-order valence-electron chi connectivity index (χ3n) is 3.63. The molecule has 0 aromatic carbocycles. The van der Waals surface area contributed by atoms with Gasteiger partial charge in [-0.2, -0.15) is 0 Å². The van der Waals surface area contributed by atoms with Gasteiger partial charge in [-0.15, -0.1) is 0 Å². The molecule has 0 amide bonds. The SMILES string of the molecule is CCCC(CCO)CN=C(NCC)NCCC1CC1. The van der Waals surface area contributed by atoms with Crippen LogP contribution in [0.15, 0.2) is 4.99 Å². The molecular formula is C15H31N3O. The van der Waals surface area contributed by atoms with Gasteiger partial charge in [0.25, 0.3) is 0 Å². The van der Waals surface area contributed by atoms with E-state index in [0.717, 1.165) is 50.8 Å². The first-order chi connectivity index (χ1) is 9.30. The third-order valence-corrected chi connectivity index (χ3v) is 3.63. The number of nitrogens with zero attached hydrogens (tertiary/aromatic N) is 1. The Labute approximate surface area is 118 Å². The Bertz CT molecular complexity index is 246. The van der Waals surface area contributed by atoms with Crippen LogP contribution in [0.4, 0.5) is 0 Å². The lowest BCUT2D eigenvalue weighted by Gasteiger charge is -2.15. The average molecular weight is 269 g/mol. The molecule has 1 atom stereocenters. The Morgan fingerprint density at radius 2 is 2.05 bits per heavy atom. The first kappa shape index (κ1) is 16.3. The Hall–Kier alpha value is -0.770. The van der Waals surface area contributed by atoms with Gasteiger partial charge in [0.1, 0.15) is 0 Å². The summed E-state index contributed by atoms with van der Waals surface area (Å²) in [4.78, 5) is 4.65. The van der Waals surface area contributed by atoms with Gasteiger partial charge in [0.2, 0.25) is 0 Å². The minimum absolute atomic E-state index is 0.270. The van der Waals surface area contributed by atoms with Gasteiger partial charge >= 0.3 is 0 Å². The normalized spacial score (nSPS) is 17.3. The number of aliphatic imine (C=N–C) groups is 1. The molecule has 3 N–H and O–H groups in total. The smallest absolute Gasteiger partial charge is 0.191 e. The van der Waals surface area contributed by atoms with Crippen molar-refractivity contribution in [3.63, 3.8) is 0 Å². The van der Waals surface area contributed by atoms with Crippen molar-refractivity contribution in [3.8, 4) is 0 Å². The van der Waals surface area contributed by atoms with Crippen LogP contribution in [-0.2, 0) is 0 Å². The van der Waals surface area contributed by atoms with Crippen molar-refractivity contribution < 1.29 is 5.11 Å². The van der Waals surface area contributed by atoms with Gasteiger partial charge in [0.05, 0.1) is 0 Å². The highest BCUT2D eigenvalue weighted by Gasteiger charge is 2.20. The Kier molecular flexibility index (Phi) is 8.63. The highest BCUT2D eigenvalue weighted by atomic mass is 16.3.